The van der Waals surface area contributed by atoms with E-state index in [1.54, 1.807) is 0 Å². The molecule has 0 aromatic heterocycles. The monoisotopic (exact) mass is 231 g/mol. The predicted octanol–water partition coefficient (Wildman–Crippen LogP) is 2.34. The van der Waals surface area contributed by atoms with Crippen LogP contribution in [0, 0.1) is 35.0 Å². The molecule has 0 radical (unpaired) electrons. The molecule has 4 aliphatic rings. The molecule has 0 saturated heterocycles. The molecule has 1 amide bonds. The molecule has 0 aromatic rings. The fraction of sp³-hybridized carbons (Fsp3) is 0.800. The molecule has 4 saturated carbocycles. The molecular weight excluding hydrogens is 210 g/mol. The summed E-state index contributed by atoms with van der Waals surface area (Å²) in [5, 5.41) is 3.03. The Kier molecular flexibility index (Phi) is 2.65. The van der Waals surface area contributed by atoms with Gasteiger partial charge in [0, 0.05) is 5.41 Å². The Hall–Kier alpha value is -0.970. The van der Waals surface area contributed by atoms with Crippen LogP contribution in [0.2, 0.25) is 0 Å². The molecule has 4 aliphatic carbocycles. The van der Waals surface area contributed by atoms with Crippen LogP contribution < -0.4 is 5.32 Å². The number of carbonyl (C=O) groups excluding carboxylic acids is 1. The van der Waals surface area contributed by atoms with Crippen LogP contribution in [-0.4, -0.2) is 12.5 Å². The van der Waals surface area contributed by atoms with Gasteiger partial charge in [0.15, 0.2) is 0 Å². The van der Waals surface area contributed by atoms with Crippen LogP contribution >= 0.6 is 0 Å². The van der Waals surface area contributed by atoms with Crippen molar-refractivity contribution in [2.45, 2.75) is 45.4 Å². The molecule has 0 unspecified atom stereocenters. The van der Waals surface area contributed by atoms with Gasteiger partial charge in [-0.05, 0) is 63.2 Å². The van der Waals surface area contributed by atoms with E-state index in [1.807, 2.05) is 6.92 Å². The highest BCUT2D eigenvalue weighted by Crippen LogP contribution is 2.60. The van der Waals surface area contributed by atoms with Crippen molar-refractivity contribution >= 4 is 5.91 Å². The van der Waals surface area contributed by atoms with Crippen LogP contribution in [0.1, 0.15) is 45.4 Å². The van der Waals surface area contributed by atoms with Crippen molar-refractivity contribution in [2.75, 3.05) is 6.54 Å². The van der Waals surface area contributed by atoms with Crippen molar-refractivity contribution in [1.29, 1.82) is 0 Å². The summed E-state index contributed by atoms with van der Waals surface area (Å²) in [7, 11) is 0. The second kappa shape index (κ2) is 4.05. The third kappa shape index (κ3) is 1.86. The Labute approximate surface area is 104 Å². The summed E-state index contributed by atoms with van der Waals surface area (Å²) in [5.74, 6) is 8.56. The number of hydrogen-bond donors (Lipinski definition) is 1. The Balaban J connectivity index is 1.72. The summed E-state index contributed by atoms with van der Waals surface area (Å²) in [6.07, 6.45) is 7.60. The number of rotatable bonds is 2. The van der Waals surface area contributed by atoms with Crippen molar-refractivity contribution in [3.63, 3.8) is 0 Å². The molecule has 0 spiro atoms. The van der Waals surface area contributed by atoms with E-state index in [0.717, 1.165) is 37.0 Å². The van der Waals surface area contributed by atoms with Gasteiger partial charge in [-0.1, -0.05) is 5.92 Å². The molecule has 4 bridgehead atoms. The van der Waals surface area contributed by atoms with Crippen molar-refractivity contribution < 1.29 is 4.79 Å². The molecule has 0 heterocycles. The molecule has 0 aromatic carbocycles. The zero-order valence-electron chi connectivity index (χ0n) is 10.6. The highest BCUT2D eigenvalue weighted by molar-refractivity contribution is 5.83. The maximum Gasteiger partial charge on any atom is 0.226 e. The van der Waals surface area contributed by atoms with Crippen molar-refractivity contribution in [1.82, 2.24) is 5.32 Å². The average molecular weight is 231 g/mol. The molecule has 1 N–H and O–H groups in total. The van der Waals surface area contributed by atoms with Gasteiger partial charge in [0.2, 0.25) is 5.91 Å². The SMILES string of the molecule is CC#CCNC(=O)C12CC3CC(CC(C3)C1)C2. The second-order valence-electron chi connectivity index (χ2n) is 6.31. The summed E-state index contributed by atoms with van der Waals surface area (Å²) < 4.78 is 0. The Morgan fingerprint density at radius 1 is 1.18 bits per heavy atom. The third-order valence-corrected chi connectivity index (χ3v) is 5.03. The second-order valence-corrected chi connectivity index (χ2v) is 6.31. The van der Waals surface area contributed by atoms with Gasteiger partial charge in [-0.15, -0.1) is 5.92 Å². The van der Waals surface area contributed by atoms with Gasteiger partial charge in [0.25, 0.3) is 0 Å². The van der Waals surface area contributed by atoms with Gasteiger partial charge in [-0.25, -0.2) is 0 Å². The fourth-order valence-electron chi connectivity index (χ4n) is 4.79. The molecule has 92 valence electrons. The lowest BCUT2D eigenvalue weighted by atomic mass is 9.49. The Bertz CT molecular complexity index is 352. The summed E-state index contributed by atoms with van der Waals surface area (Å²) in [4.78, 5) is 12.4. The topological polar surface area (TPSA) is 29.1 Å². The molecular formula is C15H21NO. The summed E-state index contributed by atoms with van der Waals surface area (Å²) in [6, 6.07) is 0. The molecule has 17 heavy (non-hydrogen) atoms. The summed E-state index contributed by atoms with van der Waals surface area (Å²) >= 11 is 0. The largest absolute Gasteiger partial charge is 0.345 e. The van der Waals surface area contributed by atoms with Crippen molar-refractivity contribution in [3.05, 3.63) is 0 Å². The molecule has 4 fully saturated rings. The van der Waals surface area contributed by atoms with Gasteiger partial charge >= 0.3 is 0 Å². The first-order valence-corrected chi connectivity index (χ1v) is 6.90. The first kappa shape index (κ1) is 11.1. The number of carbonyl (C=O) groups is 1. The van der Waals surface area contributed by atoms with Crippen LogP contribution in [0.5, 0.6) is 0 Å². The van der Waals surface area contributed by atoms with Crippen LogP contribution in [0.4, 0.5) is 0 Å². The Morgan fingerprint density at radius 3 is 2.18 bits per heavy atom. The highest BCUT2D eigenvalue weighted by Gasteiger charge is 2.54. The number of nitrogens with one attached hydrogen (secondary N) is 1. The highest BCUT2D eigenvalue weighted by atomic mass is 16.2. The first-order chi connectivity index (χ1) is 8.22. The van der Waals surface area contributed by atoms with E-state index in [0.29, 0.717) is 12.5 Å². The van der Waals surface area contributed by atoms with E-state index in [2.05, 4.69) is 17.2 Å². The fourth-order valence-corrected chi connectivity index (χ4v) is 4.79. The average Bonchev–Trinajstić information content (AvgIpc) is 2.27. The van der Waals surface area contributed by atoms with E-state index >= 15 is 0 Å². The van der Waals surface area contributed by atoms with Crippen molar-refractivity contribution in [3.8, 4) is 11.8 Å². The third-order valence-electron chi connectivity index (χ3n) is 5.03. The van der Waals surface area contributed by atoms with Crippen LogP contribution in [0.3, 0.4) is 0 Å². The van der Waals surface area contributed by atoms with E-state index in [9.17, 15) is 4.79 Å². The molecule has 0 atom stereocenters. The van der Waals surface area contributed by atoms with E-state index in [1.165, 1.54) is 19.3 Å². The standard InChI is InChI=1S/C15H21NO/c1-2-3-4-16-14(17)15-8-11-5-12(9-15)7-13(6-11)10-15/h11-13H,4-10H2,1H3,(H,16,17). The Morgan fingerprint density at radius 2 is 1.71 bits per heavy atom. The predicted molar refractivity (Wildman–Crippen MR) is 67.1 cm³/mol. The van der Waals surface area contributed by atoms with Crippen LogP contribution in [0.15, 0.2) is 0 Å². The summed E-state index contributed by atoms with van der Waals surface area (Å²) in [6.45, 7) is 2.34. The lowest BCUT2D eigenvalue weighted by molar-refractivity contribution is -0.145. The lowest BCUT2D eigenvalue weighted by Gasteiger charge is -2.55. The quantitative estimate of drug-likeness (QED) is 0.726. The molecule has 4 rings (SSSR count). The van der Waals surface area contributed by atoms with Crippen molar-refractivity contribution in [2.24, 2.45) is 23.2 Å². The van der Waals surface area contributed by atoms with E-state index < -0.39 is 0 Å². The molecule has 2 nitrogen and oxygen atoms in total. The van der Waals surface area contributed by atoms with E-state index in [4.69, 9.17) is 0 Å². The van der Waals surface area contributed by atoms with Gasteiger partial charge in [-0.2, -0.15) is 0 Å². The van der Waals surface area contributed by atoms with Gasteiger partial charge in [0.1, 0.15) is 0 Å². The smallest absolute Gasteiger partial charge is 0.226 e. The van der Waals surface area contributed by atoms with E-state index in [-0.39, 0.29) is 5.41 Å². The zero-order valence-corrected chi connectivity index (χ0v) is 10.6. The maximum atomic E-state index is 12.4. The minimum absolute atomic E-state index is 0.00975. The molecule has 2 heteroatoms. The number of amides is 1. The van der Waals surface area contributed by atoms with Crippen LogP contribution in [0.25, 0.3) is 0 Å². The zero-order chi connectivity index (χ0) is 11.9. The minimum Gasteiger partial charge on any atom is -0.345 e. The normalized spacial score (nSPS) is 41.8. The lowest BCUT2D eigenvalue weighted by Crippen LogP contribution is -2.53. The van der Waals surface area contributed by atoms with Crippen LogP contribution in [-0.2, 0) is 4.79 Å². The van der Waals surface area contributed by atoms with Gasteiger partial charge in [0.05, 0.1) is 6.54 Å². The van der Waals surface area contributed by atoms with Gasteiger partial charge in [-0.3, -0.25) is 4.79 Å². The number of hydrogen-bond acceptors (Lipinski definition) is 1. The molecule has 0 aliphatic heterocycles. The minimum atomic E-state index is -0.00975. The first-order valence-electron chi connectivity index (χ1n) is 6.90. The summed E-state index contributed by atoms with van der Waals surface area (Å²) in [5.41, 5.74) is -0.00975. The van der Waals surface area contributed by atoms with Gasteiger partial charge < -0.3 is 5.32 Å². The maximum absolute atomic E-state index is 12.4.